The second-order valence-electron chi connectivity index (χ2n) is 7.15. The van der Waals surface area contributed by atoms with Crippen LogP contribution in [-0.4, -0.2) is 30.0 Å². The molecule has 2 aromatic rings. The van der Waals surface area contributed by atoms with Gasteiger partial charge in [-0.15, -0.1) is 0 Å². The number of ether oxygens (including phenoxy) is 2. The molecule has 134 valence electrons. The molecule has 1 aromatic carbocycles. The Kier molecular flexibility index (Phi) is 5.45. The molecule has 0 atom stereocenters. The normalized spacial score (nSPS) is 11.4. The zero-order valence-electron chi connectivity index (χ0n) is 15.7. The van der Waals surface area contributed by atoms with Crippen LogP contribution in [0.1, 0.15) is 56.2 Å². The highest BCUT2D eigenvalue weighted by Gasteiger charge is 2.22. The van der Waals surface area contributed by atoms with E-state index in [0.29, 0.717) is 18.1 Å². The number of carbonyl (C=O) groups excluding carboxylic acids is 2. The number of ketones is 1. The molecule has 0 saturated heterocycles. The monoisotopic (exact) mass is 343 g/mol. The Hall–Kier alpha value is -2.43. The van der Waals surface area contributed by atoms with Gasteiger partial charge in [-0.3, -0.25) is 4.79 Å². The number of benzene rings is 1. The lowest BCUT2D eigenvalue weighted by Crippen LogP contribution is -2.15. The molecule has 2 rings (SSSR count). The van der Waals surface area contributed by atoms with Crippen LogP contribution in [0.15, 0.2) is 18.2 Å². The fourth-order valence-electron chi connectivity index (χ4n) is 2.61. The Morgan fingerprint density at radius 1 is 1.16 bits per heavy atom. The Bertz CT molecular complexity index is 819. The smallest absolute Gasteiger partial charge is 0.356 e. The first-order valence-corrected chi connectivity index (χ1v) is 8.38. The maximum Gasteiger partial charge on any atom is 0.356 e. The maximum absolute atomic E-state index is 12.1. The van der Waals surface area contributed by atoms with E-state index in [9.17, 15) is 9.59 Å². The van der Waals surface area contributed by atoms with E-state index < -0.39 is 5.97 Å². The molecule has 0 radical (unpaired) electrons. The van der Waals surface area contributed by atoms with Crippen LogP contribution in [0.5, 0.6) is 5.75 Å². The molecule has 5 heteroatoms. The minimum atomic E-state index is -0.427. The fourth-order valence-corrected chi connectivity index (χ4v) is 2.61. The fraction of sp³-hybridized carbons (Fsp3) is 0.450. The number of Topliss-reactive ketones (excluding diaryl/α,β-unsaturated/α-hetero) is 1. The molecule has 0 fully saturated rings. The molecule has 0 aliphatic rings. The number of carbonyl (C=O) groups is 2. The van der Waals surface area contributed by atoms with Gasteiger partial charge >= 0.3 is 5.97 Å². The SMILES string of the molecule is CCOC(=O)c1cc(C)c2cc(OCC(C)=O)cc(C(C)(C)C)c2n1. The highest BCUT2D eigenvalue weighted by molar-refractivity contribution is 5.94. The van der Waals surface area contributed by atoms with Crippen molar-refractivity contribution in [2.24, 2.45) is 0 Å². The van der Waals surface area contributed by atoms with Crippen LogP contribution in [0.25, 0.3) is 10.9 Å². The summed E-state index contributed by atoms with van der Waals surface area (Å²) in [4.78, 5) is 27.9. The Morgan fingerprint density at radius 2 is 1.84 bits per heavy atom. The van der Waals surface area contributed by atoms with Gasteiger partial charge in [-0.25, -0.2) is 9.78 Å². The number of esters is 1. The summed E-state index contributed by atoms with van der Waals surface area (Å²) in [6.45, 7) is 11.7. The Labute approximate surface area is 148 Å². The highest BCUT2D eigenvalue weighted by atomic mass is 16.5. The van der Waals surface area contributed by atoms with Gasteiger partial charge in [0.15, 0.2) is 5.78 Å². The number of hydrogen-bond donors (Lipinski definition) is 0. The topological polar surface area (TPSA) is 65.5 Å². The molecule has 1 heterocycles. The van der Waals surface area contributed by atoms with Gasteiger partial charge < -0.3 is 9.47 Å². The number of hydrogen-bond acceptors (Lipinski definition) is 5. The van der Waals surface area contributed by atoms with Crippen LogP contribution in [0.2, 0.25) is 0 Å². The molecule has 0 aliphatic heterocycles. The number of rotatable bonds is 5. The van der Waals surface area contributed by atoms with Crippen LogP contribution in [0.4, 0.5) is 0 Å². The predicted octanol–water partition coefficient (Wildman–Crippen LogP) is 3.99. The third kappa shape index (κ3) is 4.35. The van der Waals surface area contributed by atoms with E-state index in [1.165, 1.54) is 6.92 Å². The van der Waals surface area contributed by atoms with Gasteiger partial charge in [0.2, 0.25) is 0 Å². The number of aryl methyl sites for hydroxylation is 1. The highest BCUT2D eigenvalue weighted by Crippen LogP contribution is 2.34. The first-order valence-electron chi connectivity index (χ1n) is 8.38. The summed E-state index contributed by atoms with van der Waals surface area (Å²) in [5, 5.41) is 0.902. The van der Waals surface area contributed by atoms with Gasteiger partial charge in [-0.05, 0) is 55.5 Å². The van der Waals surface area contributed by atoms with E-state index in [1.54, 1.807) is 13.0 Å². The van der Waals surface area contributed by atoms with Gasteiger partial charge in [0.25, 0.3) is 0 Å². The lowest BCUT2D eigenvalue weighted by atomic mass is 9.84. The van der Waals surface area contributed by atoms with E-state index in [-0.39, 0.29) is 17.8 Å². The summed E-state index contributed by atoms with van der Waals surface area (Å²) >= 11 is 0. The van der Waals surface area contributed by atoms with E-state index in [1.807, 2.05) is 19.1 Å². The lowest BCUT2D eigenvalue weighted by Gasteiger charge is -2.23. The van der Waals surface area contributed by atoms with Crippen molar-refractivity contribution in [2.75, 3.05) is 13.2 Å². The van der Waals surface area contributed by atoms with E-state index in [2.05, 4.69) is 25.8 Å². The van der Waals surface area contributed by atoms with Crippen molar-refractivity contribution < 1.29 is 19.1 Å². The Morgan fingerprint density at radius 3 is 2.40 bits per heavy atom. The summed E-state index contributed by atoms with van der Waals surface area (Å²) in [6.07, 6.45) is 0. The largest absolute Gasteiger partial charge is 0.486 e. The van der Waals surface area contributed by atoms with Crippen LogP contribution >= 0.6 is 0 Å². The first-order chi connectivity index (χ1) is 11.6. The van der Waals surface area contributed by atoms with E-state index in [4.69, 9.17) is 9.47 Å². The molecular formula is C20H25NO4. The predicted molar refractivity (Wildman–Crippen MR) is 97.3 cm³/mol. The molecule has 5 nitrogen and oxygen atoms in total. The summed E-state index contributed by atoms with van der Waals surface area (Å²) in [6, 6.07) is 5.49. The van der Waals surface area contributed by atoms with E-state index >= 15 is 0 Å². The van der Waals surface area contributed by atoms with Gasteiger partial charge in [0, 0.05) is 5.39 Å². The third-order valence-electron chi connectivity index (χ3n) is 3.83. The zero-order valence-corrected chi connectivity index (χ0v) is 15.7. The lowest BCUT2D eigenvalue weighted by molar-refractivity contribution is -0.118. The van der Waals surface area contributed by atoms with Crippen molar-refractivity contribution in [1.82, 2.24) is 4.98 Å². The Balaban J connectivity index is 2.67. The van der Waals surface area contributed by atoms with Gasteiger partial charge in [-0.1, -0.05) is 20.8 Å². The molecule has 25 heavy (non-hydrogen) atoms. The van der Waals surface area contributed by atoms with Gasteiger partial charge in [-0.2, -0.15) is 0 Å². The molecule has 0 saturated carbocycles. The minimum Gasteiger partial charge on any atom is -0.486 e. The van der Waals surface area contributed by atoms with E-state index in [0.717, 1.165) is 22.0 Å². The van der Waals surface area contributed by atoms with Crippen LogP contribution in [-0.2, 0) is 14.9 Å². The maximum atomic E-state index is 12.1. The second-order valence-corrected chi connectivity index (χ2v) is 7.15. The number of nitrogens with zero attached hydrogens (tertiary/aromatic N) is 1. The van der Waals surface area contributed by atoms with Crippen molar-refractivity contribution in [3.05, 3.63) is 35.0 Å². The number of fused-ring (bicyclic) bond motifs is 1. The number of aromatic nitrogens is 1. The van der Waals surface area contributed by atoms with Crippen molar-refractivity contribution >= 4 is 22.7 Å². The molecule has 1 aromatic heterocycles. The molecular weight excluding hydrogens is 318 g/mol. The molecule has 0 spiro atoms. The molecule has 0 unspecified atom stereocenters. The average Bonchev–Trinajstić information content (AvgIpc) is 2.51. The average molecular weight is 343 g/mol. The zero-order chi connectivity index (χ0) is 18.8. The quantitative estimate of drug-likeness (QED) is 0.768. The van der Waals surface area contributed by atoms with Crippen molar-refractivity contribution in [3.63, 3.8) is 0 Å². The molecule has 0 aliphatic carbocycles. The van der Waals surface area contributed by atoms with Crippen molar-refractivity contribution in [1.29, 1.82) is 0 Å². The summed E-state index contributed by atoms with van der Waals surface area (Å²) in [7, 11) is 0. The molecule has 0 N–H and O–H groups in total. The molecule has 0 amide bonds. The first kappa shape index (κ1) is 18.9. The summed E-state index contributed by atoms with van der Waals surface area (Å²) in [5.41, 5.74) is 2.71. The summed E-state index contributed by atoms with van der Waals surface area (Å²) in [5.74, 6) is 0.163. The molecule has 0 bridgehead atoms. The standard InChI is InChI=1S/C20H25NO4/c1-7-24-19(23)17-8-12(2)15-9-14(25-11-13(3)22)10-16(18(15)21-17)20(4,5)6/h8-10H,7,11H2,1-6H3. The van der Waals surface area contributed by atoms with Crippen molar-refractivity contribution in [3.8, 4) is 5.75 Å². The van der Waals surface area contributed by atoms with Gasteiger partial charge in [0.05, 0.1) is 12.1 Å². The van der Waals surface area contributed by atoms with Crippen LogP contribution < -0.4 is 4.74 Å². The third-order valence-corrected chi connectivity index (χ3v) is 3.83. The minimum absolute atomic E-state index is 0.0302. The van der Waals surface area contributed by atoms with Crippen molar-refractivity contribution in [2.45, 2.75) is 47.0 Å². The van der Waals surface area contributed by atoms with Gasteiger partial charge in [0.1, 0.15) is 18.1 Å². The van der Waals surface area contributed by atoms with Crippen LogP contribution in [0.3, 0.4) is 0 Å². The van der Waals surface area contributed by atoms with Crippen LogP contribution in [0, 0.1) is 6.92 Å². The second kappa shape index (κ2) is 7.21. The number of pyridine rings is 1. The summed E-state index contributed by atoms with van der Waals surface area (Å²) < 4.78 is 10.7.